The van der Waals surface area contributed by atoms with Crippen LogP contribution in [0.15, 0.2) is 4.60 Å². The lowest BCUT2D eigenvalue weighted by Crippen LogP contribution is -2.56. The predicted octanol–water partition coefficient (Wildman–Crippen LogP) is 4.49. The number of anilines is 1. The van der Waals surface area contributed by atoms with Crippen LogP contribution < -0.4 is 10.2 Å². The molecule has 32 heavy (non-hydrogen) atoms. The van der Waals surface area contributed by atoms with E-state index >= 15 is 0 Å². The monoisotopic (exact) mass is 520 g/mol. The molecule has 1 aliphatic rings. The van der Waals surface area contributed by atoms with E-state index in [1.54, 1.807) is 46.4 Å². The molecule has 180 valence electrons. The number of carbonyl (C=O) groups is 2. The van der Waals surface area contributed by atoms with Gasteiger partial charge < -0.3 is 19.7 Å². The number of piperidine rings is 1. The fourth-order valence-corrected chi connectivity index (χ4v) is 3.91. The molecule has 0 spiro atoms. The van der Waals surface area contributed by atoms with Crippen LogP contribution >= 0.6 is 15.9 Å². The van der Waals surface area contributed by atoms with Gasteiger partial charge in [0, 0.05) is 19.1 Å². The second-order valence-electron chi connectivity index (χ2n) is 8.88. The third-order valence-corrected chi connectivity index (χ3v) is 6.24. The van der Waals surface area contributed by atoms with Crippen molar-refractivity contribution in [3.63, 3.8) is 0 Å². The van der Waals surface area contributed by atoms with Gasteiger partial charge in [-0.05, 0) is 70.3 Å². The second kappa shape index (κ2) is 10.3. The van der Waals surface area contributed by atoms with E-state index in [1.807, 2.05) is 0 Å². The molecule has 1 aromatic heterocycles. The molecule has 0 radical (unpaired) electrons. The highest BCUT2D eigenvalue weighted by atomic mass is 79.9. The summed E-state index contributed by atoms with van der Waals surface area (Å²) in [4.78, 5) is 35.0. The Bertz CT molecular complexity index is 840. The summed E-state index contributed by atoms with van der Waals surface area (Å²) in [5, 5.41) is 2.58. The molecule has 0 aliphatic carbocycles. The standard InChI is InChI=1S/C21H31BrF2N4O4/c1-7-31-17(29)14-16(25-12(2)15(22)27-14)28-10-8-21(9-11-28,18(23)24)13(3)26-19(30)32-20(4,5)6/h13,18H,7-11H2,1-6H3,(H,26,30). The van der Waals surface area contributed by atoms with Gasteiger partial charge in [-0.1, -0.05) is 0 Å². The number of aromatic nitrogens is 2. The normalized spacial score (nSPS) is 17.1. The number of amides is 1. The van der Waals surface area contributed by atoms with E-state index in [1.165, 1.54) is 0 Å². The molecule has 1 saturated heterocycles. The minimum atomic E-state index is -2.66. The van der Waals surface area contributed by atoms with Crippen molar-refractivity contribution in [2.45, 2.75) is 72.5 Å². The third-order valence-electron chi connectivity index (χ3n) is 5.49. The van der Waals surface area contributed by atoms with E-state index in [-0.39, 0.29) is 38.2 Å². The number of rotatable bonds is 6. The van der Waals surface area contributed by atoms with E-state index in [4.69, 9.17) is 9.47 Å². The van der Waals surface area contributed by atoms with Crippen LogP contribution in [-0.4, -0.2) is 59.8 Å². The van der Waals surface area contributed by atoms with Gasteiger partial charge in [0.25, 0.3) is 0 Å². The lowest BCUT2D eigenvalue weighted by molar-refractivity contribution is -0.0463. The number of ether oxygens (including phenoxy) is 2. The van der Waals surface area contributed by atoms with Crippen LogP contribution in [0.5, 0.6) is 0 Å². The van der Waals surface area contributed by atoms with Crippen molar-refractivity contribution in [3.05, 3.63) is 16.0 Å². The molecule has 0 saturated carbocycles. The zero-order valence-corrected chi connectivity index (χ0v) is 20.9. The van der Waals surface area contributed by atoms with Crippen LogP contribution in [0.4, 0.5) is 19.4 Å². The number of aryl methyl sites for hydroxylation is 1. The first-order valence-electron chi connectivity index (χ1n) is 10.5. The Kier molecular flexibility index (Phi) is 8.41. The zero-order valence-electron chi connectivity index (χ0n) is 19.3. The second-order valence-corrected chi connectivity index (χ2v) is 9.63. The summed E-state index contributed by atoms with van der Waals surface area (Å²) in [6, 6.07) is -0.818. The van der Waals surface area contributed by atoms with Crippen molar-refractivity contribution < 1.29 is 27.8 Å². The van der Waals surface area contributed by atoms with Crippen LogP contribution in [0, 0.1) is 12.3 Å². The number of nitrogens with one attached hydrogen (secondary N) is 1. The van der Waals surface area contributed by atoms with Crippen LogP contribution in [0.3, 0.4) is 0 Å². The van der Waals surface area contributed by atoms with Crippen LogP contribution in [0.1, 0.15) is 63.6 Å². The van der Waals surface area contributed by atoms with Gasteiger partial charge in [0.05, 0.1) is 17.7 Å². The van der Waals surface area contributed by atoms with Gasteiger partial charge in [-0.25, -0.2) is 28.3 Å². The summed E-state index contributed by atoms with van der Waals surface area (Å²) in [7, 11) is 0. The Labute approximate surface area is 195 Å². The Hall–Kier alpha value is -2.04. The van der Waals surface area contributed by atoms with Gasteiger partial charge >= 0.3 is 12.1 Å². The lowest BCUT2D eigenvalue weighted by Gasteiger charge is -2.45. The summed E-state index contributed by atoms with van der Waals surface area (Å²) in [6.45, 7) is 10.7. The topological polar surface area (TPSA) is 93.6 Å². The average molecular weight is 521 g/mol. The van der Waals surface area contributed by atoms with Crippen LogP contribution in [0.25, 0.3) is 0 Å². The number of nitrogens with zero attached hydrogens (tertiary/aromatic N) is 3. The largest absolute Gasteiger partial charge is 0.461 e. The Morgan fingerprint density at radius 2 is 1.84 bits per heavy atom. The van der Waals surface area contributed by atoms with E-state index in [0.717, 1.165) is 0 Å². The summed E-state index contributed by atoms with van der Waals surface area (Å²) in [6.07, 6.45) is -3.22. The minimum Gasteiger partial charge on any atom is -0.461 e. The molecule has 8 nitrogen and oxygen atoms in total. The molecule has 1 amide bonds. The summed E-state index contributed by atoms with van der Waals surface area (Å²) in [5.41, 5.74) is -1.56. The molecule has 11 heteroatoms. The SMILES string of the molecule is CCOC(=O)c1nc(Br)c(C)nc1N1CCC(C(F)F)(C(C)NC(=O)OC(C)(C)C)CC1. The molecule has 1 aromatic rings. The number of halogens is 3. The fourth-order valence-electron chi connectivity index (χ4n) is 3.65. The highest BCUT2D eigenvalue weighted by molar-refractivity contribution is 9.10. The van der Waals surface area contributed by atoms with Crippen LogP contribution in [0.2, 0.25) is 0 Å². The van der Waals surface area contributed by atoms with Crippen molar-refractivity contribution in [2.24, 2.45) is 5.41 Å². The van der Waals surface area contributed by atoms with E-state index in [0.29, 0.717) is 16.1 Å². The number of esters is 1. The number of alkyl carbamates (subject to hydrolysis) is 1. The molecule has 1 aliphatic heterocycles. The molecule has 2 heterocycles. The Morgan fingerprint density at radius 3 is 2.34 bits per heavy atom. The highest BCUT2D eigenvalue weighted by Crippen LogP contribution is 2.42. The molecule has 2 rings (SSSR count). The maximum Gasteiger partial charge on any atom is 0.407 e. The molecule has 1 unspecified atom stereocenters. The summed E-state index contributed by atoms with van der Waals surface area (Å²) in [5.74, 6) is -0.318. The lowest BCUT2D eigenvalue weighted by atomic mass is 9.73. The third kappa shape index (κ3) is 6.05. The molecular formula is C21H31BrF2N4O4. The van der Waals surface area contributed by atoms with E-state index in [2.05, 4.69) is 31.2 Å². The number of hydrogen-bond donors (Lipinski definition) is 1. The Morgan fingerprint density at radius 1 is 1.25 bits per heavy atom. The Balaban J connectivity index is 2.23. The number of hydrogen-bond acceptors (Lipinski definition) is 7. The maximum atomic E-state index is 14.2. The molecule has 0 bridgehead atoms. The van der Waals surface area contributed by atoms with Gasteiger partial charge in [-0.15, -0.1) is 0 Å². The molecular weight excluding hydrogens is 490 g/mol. The van der Waals surface area contributed by atoms with Crippen molar-refractivity contribution in [3.8, 4) is 0 Å². The van der Waals surface area contributed by atoms with Gasteiger partial charge in [-0.3, -0.25) is 0 Å². The molecule has 1 N–H and O–H groups in total. The van der Waals surface area contributed by atoms with Gasteiger partial charge in [-0.2, -0.15) is 0 Å². The summed E-state index contributed by atoms with van der Waals surface area (Å²) >= 11 is 3.27. The minimum absolute atomic E-state index is 0.0359. The van der Waals surface area contributed by atoms with Gasteiger partial charge in [0.15, 0.2) is 11.5 Å². The summed E-state index contributed by atoms with van der Waals surface area (Å²) < 4.78 is 39.2. The quantitative estimate of drug-likeness (QED) is 0.552. The van der Waals surface area contributed by atoms with Crippen molar-refractivity contribution >= 4 is 33.8 Å². The zero-order chi connectivity index (χ0) is 24.3. The fraction of sp³-hybridized carbons (Fsp3) is 0.714. The van der Waals surface area contributed by atoms with Crippen LogP contribution in [-0.2, 0) is 9.47 Å². The number of carbonyl (C=O) groups excluding carboxylic acids is 2. The van der Waals surface area contributed by atoms with Gasteiger partial charge in [0.1, 0.15) is 10.2 Å². The van der Waals surface area contributed by atoms with Crippen molar-refractivity contribution in [1.29, 1.82) is 0 Å². The van der Waals surface area contributed by atoms with Crippen molar-refractivity contribution in [1.82, 2.24) is 15.3 Å². The van der Waals surface area contributed by atoms with E-state index < -0.39 is 35.5 Å². The first-order valence-corrected chi connectivity index (χ1v) is 11.3. The van der Waals surface area contributed by atoms with Crippen molar-refractivity contribution in [2.75, 3.05) is 24.6 Å². The highest BCUT2D eigenvalue weighted by Gasteiger charge is 2.48. The predicted molar refractivity (Wildman–Crippen MR) is 119 cm³/mol. The molecule has 1 fully saturated rings. The number of alkyl halides is 2. The smallest absolute Gasteiger partial charge is 0.407 e. The molecule has 0 aromatic carbocycles. The maximum absolute atomic E-state index is 14.2. The van der Waals surface area contributed by atoms with Gasteiger partial charge in [0.2, 0.25) is 6.43 Å². The average Bonchev–Trinajstić information content (AvgIpc) is 2.68. The molecule has 1 atom stereocenters. The first-order chi connectivity index (χ1) is 14.8. The van der Waals surface area contributed by atoms with E-state index in [9.17, 15) is 18.4 Å². The first kappa shape index (κ1) is 26.2.